The molecule has 0 saturated carbocycles. The fourth-order valence-electron chi connectivity index (χ4n) is 2.73. The number of methoxy groups -OCH3 is 1. The molecular formula is C16H24N2O4S2. The van der Waals surface area contributed by atoms with Gasteiger partial charge in [-0.3, -0.25) is 4.79 Å². The topological polar surface area (TPSA) is 75.7 Å². The molecule has 0 spiro atoms. The maximum absolute atomic E-state index is 12.7. The van der Waals surface area contributed by atoms with E-state index in [2.05, 4.69) is 4.72 Å². The molecule has 2 rings (SSSR count). The van der Waals surface area contributed by atoms with Crippen LogP contribution >= 0.6 is 11.8 Å². The fourth-order valence-corrected chi connectivity index (χ4v) is 4.55. The number of likely N-dealkylation sites (tertiary alicyclic amines) is 1. The summed E-state index contributed by atoms with van der Waals surface area (Å²) in [6.07, 6.45) is 3.87. The molecule has 1 saturated heterocycles. The van der Waals surface area contributed by atoms with Crippen molar-refractivity contribution in [2.24, 2.45) is 0 Å². The zero-order valence-electron chi connectivity index (χ0n) is 14.2. The summed E-state index contributed by atoms with van der Waals surface area (Å²) in [6, 6.07) is 4.37. The zero-order valence-corrected chi connectivity index (χ0v) is 15.9. The van der Waals surface area contributed by atoms with Gasteiger partial charge in [-0.15, -0.1) is 11.8 Å². The van der Waals surface area contributed by atoms with Crippen LogP contribution in [0.3, 0.4) is 0 Å². The highest BCUT2D eigenvalue weighted by atomic mass is 32.2. The minimum Gasteiger partial charge on any atom is -0.383 e. The lowest BCUT2D eigenvalue weighted by Gasteiger charge is -2.18. The van der Waals surface area contributed by atoms with Crippen molar-refractivity contribution in [1.82, 2.24) is 9.62 Å². The molecule has 1 heterocycles. The summed E-state index contributed by atoms with van der Waals surface area (Å²) in [6.45, 7) is 3.47. The number of rotatable bonds is 7. The summed E-state index contributed by atoms with van der Waals surface area (Å²) in [5.74, 6) is -0.0983. The third kappa shape index (κ3) is 4.50. The quantitative estimate of drug-likeness (QED) is 0.741. The van der Waals surface area contributed by atoms with Gasteiger partial charge in [0.1, 0.15) is 0 Å². The molecule has 0 aromatic heterocycles. The van der Waals surface area contributed by atoms with E-state index in [1.54, 1.807) is 17.9 Å². The van der Waals surface area contributed by atoms with E-state index in [1.165, 1.54) is 31.0 Å². The second-order valence-electron chi connectivity index (χ2n) is 5.84. The number of benzene rings is 1. The summed E-state index contributed by atoms with van der Waals surface area (Å²) in [4.78, 5) is 15.4. The Labute approximate surface area is 148 Å². The summed E-state index contributed by atoms with van der Waals surface area (Å²) < 4.78 is 32.6. The lowest BCUT2D eigenvalue weighted by atomic mass is 10.2. The molecule has 8 heteroatoms. The number of sulfonamides is 1. The van der Waals surface area contributed by atoms with Gasteiger partial charge in [0.25, 0.3) is 5.91 Å². The highest BCUT2D eigenvalue weighted by molar-refractivity contribution is 7.98. The van der Waals surface area contributed by atoms with Crippen molar-refractivity contribution in [3.05, 3.63) is 23.8 Å². The minimum absolute atomic E-state index is 0.0983. The first kappa shape index (κ1) is 19.2. The SMILES string of the molecule is COC[C@H](C)NS(=O)(=O)c1ccc(SC)c(C(=O)N2CCCC2)c1. The summed E-state index contributed by atoms with van der Waals surface area (Å²) in [7, 11) is -2.18. The van der Waals surface area contributed by atoms with Gasteiger partial charge in [-0.2, -0.15) is 0 Å². The van der Waals surface area contributed by atoms with Gasteiger partial charge in [-0.05, 0) is 44.2 Å². The summed E-state index contributed by atoms with van der Waals surface area (Å²) in [5.41, 5.74) is 0.451. The molecule has 0 aliphatic carbocycles. The molecule has 1 atom stereocenters. The van der Waals surface area contributed by atoms with Gasteiger partial charge in [0, 0.05) is 31.1 Å². The number of nitrogens with zero attached hydrogens (tertiary/aromatic N) is 1. The van der Waals surface area contributed by atoms with Crippen LogP contribution in [0.15, 0.2) is 28.0 Å². The van der Waals surface area contributed by atoms with Crippen LogP contribution < -0.4 is 4.72 Å². The molecule has 1 aliphatic heterocycles. The van der Waals surface area contributed by atoms with E-state index in [0.717, 1.165) is 30.8 Å². The van der Waals surface area contributed by atoms with E-state index >= 15 is 0 Å². The van der Waals surface area contributed by atoms with Crippen LogP contribution in [0.5, 0.6) is 0 Å². The first-order valence-corrected chi connectivity index (χ1v) is 10.6. The Morgan fingerprint density at radius 2 is 2.04 bits per heavy atom. The fraction of sp³-hybridized carbons (Fsp3) is 0.562. The average Bonchev–Trinajstić information content (AvgIpc) is 3.07. The Hall–Kier alpha value is -1.09. The van der Waals surface area contributed by atoms with Crippen LogP contribution in [-0.4, -0.2) is 58.3 Å². The average molecular weight is 373 g/mol. The predicted molar refractivity (Wildman–Crippen MR) is 95.0 cm³/mol. The van der Waals surface area contributed by atoms with E-state index in [9.17, 15) is 13.2 Å². The number of thioether (sulfide) groups is 1. The van der Waals surface area contributed by atoms with Crippen molar-refractivity contribution >= 4 is 27.7 Å². The largest absolute Gasteiger partial charge is 0.383 e. The normalized spacial score (nSPS) is 16.4. The highest BCUT2D eigenvalue weighted by Crippen LogP contribution is 2.26. The Balaban J connectivity index is 2.32. The smallest absolute Gasteiger partial charge is 0.255 e. The van der Waals surface area contributed by atoms with Crippen molar-refractivity contribution in [2.45, 2.75) is 35.6 Å². The van der Waals surface area contributed by atoms with Gasteiger partial charge < -0.3 is 9.64 Å². The number of carbonyl (C=O) groups excluding carboxylic acids is 1. The molecule has 134 valence electrons. The molecule has 0 unspecified atom stereocenters. The Bertz CT molecular complexity index is 685. The lowest BCUT2D eigenvalue weighted by molar-refractivity contribution is 0.0789. The van der Waals surface area contributed by atoms with Crippen molar-refractivity contribution < 1.29 is 17.9 Å². The van der Waals surface area contributed by atoms with Crippen LogP contribution in [-0.2, 0) is 14.8 Å². The molecule has 1 aliphatic rings. The van der Waals surface area contributed by atoms with Crippen LogP contribution in [0.4, 0.5) is 0 Å². The van der Waals surface area contributed by atoms with Crippen LogP contribution in [0.25, 0.3) is 0 Å². The molecule has 0 bridgehead atoms. The van der Waals surface area contributed by atoms with E-state index in [-0.39, 0.29) is 23.5 Å². The number of hydrogen-bond acceptors (Lipinski definition) is 5. The van der Waals surface area contributed by atoms with Gasteiger partial charge in [0.2, 0.25) is 10.0 Å². The van der Waals surface area contributed by atoms with Crippen LogP contribution in [0.2, 0.25) is 0 Å². The number of amides is 1. The van der Waals surface area contributed by atoms with Crippen molar-refractivity contribution in [3.63, 3.8) is 0 Å². The Morgan fingerprint density at radius 3 is 2.62 bits per heavy atom. The summed E-state index contributed by atoms with van der Waals surface area (Å²) in [5, 5.41) is 0. The van der Waals surface area contributed by atoms with Crippen molar-refractivity contribution in [2.75, 3.05) is 33.1 Å². The van der Waals surface area contributed by atoms with Gasteiger partial charge in [-0.1, -0.05) is 0 Å². The van der Waals surface area contributed by atoms with Crippen molar-refractivity contribution in [1.29, 1.82) is 0 Å². The molecule has 1 fully saturated rings. The standard InChI is InChI=1S/C16H24N2O4S2/c1-12(11-22-2)17-24(20,21)13-6-7-15(23-3)14(10-13)16(19)18-8-4-5-9-18/h6-7,10,12,17H,4-5,8-9,11H2,1-3H3/t12-/m0/s1. The van der Waals surface area contributed by atoms with E-state index in [1.807, 2.05) is 6.26 Å². The maximum atomic E-state index is 12.7. The Morgan fingerprint density at radius 1 is 1.38 bits per heavy atom. The second kappa shape index (κ2) is 8.33. The van der Waals surface area contributed by atoms with Crippen molar-refractivity contribution in [3.8, 4) is 0 Å². The monoisotopic (exact) mass is 372 g/mol. The molecule has 1 amide bonds. The van der Waals surface area contributed by atoms with Gasteiger partial charge >= 0.3 is 0 Å². The van der Waals surface area contributed by atoms with Gasteiger partial charge in [-0.25, -0.2) is 13.1 Å². The third-order valence-electron chi connectivity index (χ3n) is 3.88. The van der Waals surface area contributed by atoms with Gasteiger partial charge in [0.05, 0.1) is 17.1 Å². The van der Waals surface area contributed by atoms with Crippen LogP contribution in [0, 0.1) is 0 Å². The lowest BCUT2D eigenvalue weighted by Crippen LogP contribution is -2.35. The number of carbonyl (C=O) groups is 1. The first-order chi connectivity index (χ1) is 11.4. The predicted octanol–water partition coefficient (Wildman–Crippen LogP) is 1.96. The highest BCUT2D eigenvalue weighted by Gasteiger charge is 2.25. The second-order valence-corrected chi connectivity index (χ2v) is 8.40. The molecular weight excluding hydrogens is 348 g/mol. The number of nitrogens with one attached hydrogen (secondary N) is 1. The van der Waals surface area contributed by atoms with Gasteiger partial charge in [0.15, 0.2) is 0 Å². The molecule has 1 aromatic carbocycles. The van der Waals surface area contributed by atoms with E-state index in [0.29, 0.717) is 5.56 Å². The summed E-state index contributed by atoms with van der Waals surface area (Å²) >= 11 is 1.44. The molecule has 0 radical (unpaired) electrons. The minimum atomic E-state index is -3.70. The first-order valence-electron chi connectivity index (χ1n) is 7.87. The molecule has 1 N–H and O–H groups in total. The molecule has 6 nitrogen and oxygen atoms in total. The van der Waals surface area contributed by atoms with Crippen LogP contribution in [0.1, 0.15) is 30.1 Å². The molecule has 24 heavy (non-hydrogen) atoms. The number of ether oxygens (including phenoxy) is 1. The maximum Gasteiger partial charge on any atom is 0.255 e. The third-order valence-corrected chi connectivity index (χ3v) is 6.26. The van der Waals surface area contributed by atoms with E-state index < -0.39 is 10.0 Å². The Kier molecular flexibility index (Phi) is 6.68. The molecule has 1 aromatic rings. The zero-order chi connectivity index (χ0) is 17.7. The number of hydrogen-bond donors (Lipinski definition) is 1. The van der Waals surface area contributed by atoms with E-state index in [4.69, 9.17) is 4.74 Å².